The summed E-state index contributed by atoms with van der Waals surface area (Å²) in [6, 6.07) is 0.0759. The quantitative estimate of drug-likeness (QED) is 0.742. The van der Waals surface area contributed by atoms with E-state index in [0.717, 1.165) is 51.5 Å². The molecular weight excluding hydrogens is 266 g/mol. The maximum Gasteiger partial charge on any atom is 0.225 e. The lowest BCUT2D eigenvalue weighted by atomic mass is 9.96. The van der Waals surface area contributed by atoms with Crippen LogP contribution in [-0.2, 0) is 9.59 Å². The van der Waals surface area contributed by atoms with Gasteiger partial charge in [0.2, 0.25) is 11.8 Å². The summed E-state index contributed by atoms with van der Waals surface area (Å²) in [5, 5.41) is 3.07. The third-order valence-corrected chi connectivity index (χ3v) is 4.57. The lowest BCUT2D eigenvalue weighted by molar-refractivity contribution is -0.137. The van der Waals surface area contributed by atoms with E-state index in [2.05, 4.69) is 12.2 Å². The van der Waals surface area contributed by atoms with Gasteiger partial charge in [0.15, 0.2) is 0 Å². The molecule has 2 unspecified atom stereocenters. The molecule has 3 N–H and O–H groups in total. The topological polar surface area (TPSA) is 75.4 Å². The number of hydrogen-bond donors (Lipinski definition) is 2. The number of nitrogens with zero attached hydrogens (tertiary/aromatic N) is 1. The highest BCUT2D eigenvalue weighted by atomic mass is 16.2. The van der Waals surface area contributed by atoms with Crippen LogP contribution in [0.4, 0.5) is 0 Å². The van der Waals surface area contributed by atoms with Crippen LogP contribution < -0.4 is 11.1 Å². The number of hydrogen-bond acceptors (Lipinski definition) is 3. The fourth-order valence-corrected chi connectivity index (χ4v) is 3.00. The van der Waals surface area contributed by atoms with Gasteiger partial charge in [0.05, 0.1) is 5.92 Å². The first kappa shape index (κ1) is 16.3. The fourth-order valence-electron chi connectivity index (χ4n) is 3.00. The second-order valence-corrected chi connectivity index (χ2v) is 6.48. The van der Waals surface area contributed by atoms with Crippen LogP contribution in [0.5, 0.6) is 0 Å². The molecule has 5 nitrogen and oxygen atoms in total. The normalized spacial score (nSPS) is 23.7. The first-order chi connectivity index (χ1) is 10.2. The molecule has 1 aliphatic carbocycles. The smallest absolute Gasteiger partial charge is 0.225 e. The molecule has 0 bridgehead atoms. The van der Waals surface area contributed by atoms with Crippen molar-refractivity contribution in [3.8, 4) is 0 Å². The summed E-state index contributed by atoms with van der Waals surface area (Å²) in [5.74, 6) is 0.522. The first-order valence-corrected chi connectivity index (χ1v) is 8.45. The van der Waals surface area contributed by atoms with Crippen molar-refractivity contribution in [1.29, 1.82) is 0 Å². The van der Waals surface area contributed by atoms with Crippen molar-refractivity contribution in [1.82, 2.24) is 10.2 Å². The lowest BCUT2D eigenvalue weighted by Crippen LogP contribution is -2.49. The number of carbonyl (C=O) groups is 2. The van der Waals surface area contributed by atoms with Crippen molar-refractivity contribution in [3.63, 3.8) is 0 Å². The average molecular weight is 295 g/mol. The van der Waals surface area contributed by atoms with Crippen LogP contribution >= 0.6 is 0 Å². The molecule has 120 valence electrons. The highest BCUT2D eigenvalue weighted by Gasteiger charge is 2.36. The number of amides is 2. The van der Waals surface area contributed by atoms with Gasteiger partial charge in [-0.05, 0) is 32.1 Å². The largest absolute Gasteiger partial charge is 0.352 e. The molecule has 21 heavy (non-hydrogen) atoms. The number of unbranched alkanes of at least 4 members (excludes halogenated alkanes) is 1. The molecule has 0 aromatic rings. The van der Waals surface area contributed by atoms with Gasteiger partial charge in [-0.1, -0.05) is 19.8 Å². The molecule has 2 aliphatic rings. The van der Waals surface area contributed by atoms with E-state index < -0.39 is 0 Å². The minimum atomic E-state index is -0.0582. The van der Waals surface area contributed by atoms with Gasteiger partial charge in [-0.15, -0.1) is 0 Å². The van der Waals surface area contributed by atoms with Crippen LogP contribution in [-0.4, -0.2) is 42.4 Å². The zero-order valence-corrected chi connectivity index (χ0v) is 13.1. The van der Waals surface area contributed by atoms with E-state index in [1.54, 1.807) is 0 Å². The highest BCUT2D eigenvalue weighted by Crippen LogP contribution is 2.32. The van der Waals surface area contributed by atoms with E-state index in [4.69, 9.17) is 5.73 Å². The average Bonchev–Trinajstić information content (AvgIpc) is 3.35. The Morgan fingerprint density at radius 2 is 2.05 bits per heavy atom. The maximum absolute atomic E-state index is 12.4. The summed E-state index contributed by atoms with van der Waals surface area (Å²) in [6.45, 7) is 4.03. The van der Waals surface area contributed by atoms with Crippen molar-refractivity contribution in [2.75, 3.05) is 19.6 Å². The second-order valence-electron chi connectivity index (χ2n) is 6.48. The Balaban J connectivity index is 1.81. The van der Waals surface area contributed by atoms with Gasteiger partial charge >= 0.3 is 0 Å². The maximum atomic E-state index is 12.4. The number of piperidine rings is 1. The summed E-state index contributed by atoms with van der Waals surface area (Å²) in [7, 11) is 0. The van der Waals surface area contributed by atoms with Gasteiger partial charge in [0, 0.05) is 31.6 Å². The number of nitrogens with one attached hydrogen (secondary N) is 1. The number of carbonyl (C=O) groups excluding carboxylic acids is 2. The van der Waals surface area contributed by atoms with Gasteiger partial charge < -0.3 is 16.0 Å². The Hall–Kier alpha value is -1.10. The van der Waals surface area contributed by atoms with Crippen molar-refractivity contribution >= 4 is 11.8 Å². The molecule has 2 amide bonds. The van der Waals surface area contributed by atoms with Crippen molar-refractivity contribution in [3.05, 3.63) is 0 Å². The Bertz CT molecular complexity index is 369. The SMILES string of the molecule is CCCCC(CN)NC(=O)C1CCCN(C(=O)C2CC2)C1. The summed E-state index contributed by atoms with van der Waals surface area (Å²) in [6.07, 6.45) is 7.00. The van der Waals surface area contributed by atoms with Gasteiger partial charge in [0.25, 0.3) is 0 Å². The van der Waals surface area contributed by atoms with E-state index in [0.29, 0.717) is 13.1 Å². The second kappa shape index (κ2) is 7.78. The van der Waals surface area contributed by atoms with Crippen LogP contribution in [0.25, 0.3) is 0 Å². The molecule has 2 fully saturated rings. The highest BCUT2D eigenvalue weighted by molar-refractivity contribution is 5.83. The van der Waals surface area contributed by atoms with Crippen molar-refractivity contribution < 1.29 is 9.59 Å². The molecule has 1 aliphatic heterocycles. The van der Waals surface area contributed by atoms with Crippen molar-refractivity contribution in [2.24, 2.45) is 17.6 Å². The molecule has 0 spiro atoms. The van der Waals surface area contributed by atoms with E-state index in [9.17, 15) is 9.59 Å². The van der Waals surface area contributed by atoms with Crippen LogP contribution in [0.2, 0.25) is 0 Å². The number of nitrogens with two attached hydrogens (primary N) is 1. The van der Waals surface area contributed by atoms with Crippen LogP contribution in [0.1, 0.15) is 51.9 Å². The number of rotatable bonds is 7. The number of likely N-dealkylation sites (tertiary alicyclic amines) is 1. The van der Waals surface area contributed by atoms with Gasteiger partial charge in [-0.3, -0.25) is 9.59 Å². The molecular formula is C16H29N3O2. The van der Waals surface area contributed by atoms with E-state index in [1.807, 2.05) is 4.90 Å². The zero-order valence-electron chi connectivity index (χ0n) is 13.1. The molecule has 2 atom stereocenters. The molecule has 1 saturated carbocycles. The molecule has 0 aromatic carbocycles. The Kier molecular flexibility index (Phi) is 6.03. The van der Waals surface area contributed by atoms with Crippen LogP contribution in [0, 0.1) is 11.8 Å². The lowest BCUT2D eigenvalue weighted by Gasteiger charge is -2.33. The third kappa shape index (κ3) is 4.70. The first-order valence-electron chi connectivity index (χ1n) is 8.45. The molecule has 1 heterocycles. The van der Waals surface area contributed by atoms with Crippen LogP contribution in [0.15, 0.2) is 0 Å². The molecule has 5 heteroatoms. The fraction of sp³-hybridized carbons (Fsp3) is 0.875. The van der Waals surface area contributed by atoms with Crippen LogP contribution in [0.3, 0.4) is 0 Å². The minimum Gasteiger partial charge on any atom is -0.352 e. The van der Waals surface area contributed by atoms with E-state index >= 15 is 0 Å². The summed E-state index contributed by atoms with van der Waals surface area (Å²) >= 11 is 0. The van der Waals surface area contributed by atoms with Crippen molar-refractivity contribution in [2.45, 2.75) is 57.9 Å². The molecule has 0 radical (unpaired) electrons. The van der Waals surface area contributed by atoms with E-state index in [1.165, 1.54) is 0 Å². The Labute approximate surface area is 127 Å². The molecule has 1 saturated heterocycles. The van der Waals surface area contributed by atoms with E-state index in [-0.39, 0.29) is 29.7 Å². The third-order valence-electron chi connectivity index (χ3n) is 4.57. The van der Waals surface area contributed by atoms with Gasteiger partial charge in [-0.25, -0.2) is 0 Å². The van der Waals surface area contributed by atoms with Gasteiger partial charge in [-0.2, -0.15) is 0 Å². The Morgan fingerprint density at radius 3 is 2.67 bits per heavy atom. The molecule has 0 aromatic heterocycles. The summed E-state index contributed by atoms with van der Waals surface area (Å²) in [4.78, 5) is 26.4. The summed E-state index contributed by atoms with van der Waals surface area (Å²) in [5.41, 5.74) is 5.74. The predicted octanol–water partition coefficient (Wildman–Crippen LogP) is 1.27. The standard InChI is InChI=1S/C16H29N3O2/c1-2-3-6-14(10-17)18-15(20)13-5-4-9-19(11-13)16(21)12-7-8-12/h12-14H,2-11,17H2,1H3,(H,18,20). The molecule has 2 rings (SSSR count). The van der Waals surface area contributed by atoms with Gasteiger partial charge in [0.1, 0.15) is 0 Å². The zero-order chi connectivity index (χ0) is 15.2. The summed E-state index contributed by atoms with van der Waals surface area (Å²) < 4.78 is 0. The minimum absolute atomic E-state index is 0.0582. The Morgan fingerprint density at radius 1 is 1.29 bits per heavy atom. The predicted molar refractivity (Wildman–Crippen MR) is 82.5 cm³/mol. The monoisotopic (exact) mass is 295 g/mol.